The van der Waals surface area contributed by atoms with Crippen molar-refractivity contribution >= 4 is 22.6 Å². The third-order valence-electron chi connectivity index (χ3n) is 0.551. The van der Waals surface area contributed by atoms with Gasteiger partial charge in [0.25, 0.3) is 0 Å². The summed E-state index contributed by atoms with van der Waals surface area (Å²) < 4.78 is 43.0. The molecular weight excluding hydrogens is 283 g/mol. The Kier molecular flexibility index (Phi) is 3.55. The van der Waals surface area contributed by atoms with Crippen LogP contribution in [0.1, 0.15) is 0 Å². The van der Waals surface area contributed by atoms with Gasteiger partial charge in [-0.3, -0.25) is 0 Å². The maximum atomic E-state index is 12.3. The number of halogens is 5. The average Bonchev–Trinajstić information content (AvgIpc) is 1.81. The summed E-state index contributed by atoms with van der Waals surface area (Å²) in [4.78, 5) is 6.91. The third-order valence-corrected chi connectivity index (χ3v) is 1.34. The molecule has 0 aliphatic heterocycles. The molecule has 1 atom stereocenters. The van der Waals surface area contributed by atoms with Crippen LogP contribution in [0.3, 0.4) is 0 Å². The summed E-state index contributed by atoms with van der Waals surface area (Å²) in [6, 6.07) is 0. The lowest BCUT2D eigenvalue weighted by Gasteiger charge is -2.18. The van der Waals surface area contributed by atoms with Gasteiger partial charge < -0.3 is 4.89 Å². The molecule has 0 saturated heterocycles. The lowest BCUT2D eigenvalue weighted by Crippen LogP contribution is -2.36. The van der Waals surface area contributed by atoms with Crippen LogP contribution >= 0.6 is 22.6 Å². The summed E-state index contributed by atoms with van der Waals surface area (Å²) in [5, 5.41) is 0. The summed E-state index contributed by atoms with van der Waals surface area (Å²) in [7, 11) is 0. The largest absolute Gasteiger partial charge is 0.462 e. The predicted octanol–water partition coefficient (Wildman–Crippen LogP) is 2.70. The van der Waals surface area contributed by atoms with Gasteiger partial charge in [-0.2, -0.15) is 17.6 Å². The van der Waals surface area contributed by atoms with Crippen molar-refractivity contribution in [1.29, 1.82) is 0 Å². The Morgan fingerprint density at radius 2 is 1.73 bits per heavy atom. The fourth-order valence-corrected chi connectivity index (χ4v) is 0.245. The molecule has 0 bridgehead atoms. The second-order valence-corrected chi connectivity index (χ2v) is 2.75. The van der Waals surface area contributed by atoms with Gasteiger partial charge in [-0.15, -0.1) is 4.89 Å². The molecule has 0 rings (SSSR count). The molecule has 0 amide bonds. The van der Waals surface area contributed by atoms with Crippen LogP contribution < -0.4 is 0 Å². The summed E-state index contributed by atoms with van der Waals surface area (Å²) in [6.07, 6.45) is -4.59. The lowest BCUT2D eigenvalue weighted by molar-refractivity contribution is -0.396. The molecule has 0 aliphatic rings. The number of hydrogen-bond donors (Lipinski definition) is 0. The first kappa shape index (κ1) is 11.0. The first-order valence-corrected chi connectivity index (χ1v) is 3.29. The Hall–Kier alpha value is -0.0500. The Balaban J connectivity index is 4.10. The van der Waals surface area contributed by atoms with Crippen molar-refractivity contribution in [3.63, 3.8) is 0 Å². The highest BCUT2D eigenvalue weighted by atomic mass is 127. The van der Waals surface area contributed by atoms with Crippen molar-refractivity contribution in [1.82, 2.24) is 0 Å². The van der Waals surface area contributed by atoms with Crippen LogP contribution in [0, 0.1) is 0 Å². The number of hydrogen-bond acceptors (Lipinski definition) is 2. The van der Waals surface area contributed by atoms with Gasteiger partial charge in [0.15, 0.2) is 0 Å². The smallest absolute Gasteiger partial charge is 0.342 e. The molecule has 66 valence electrons. The van der Waals surface area contributed by atoms with E-state index in [9.17, 15) is 17.6 Å². The first-order chi connectivity index (χ1) is 4.81. The minimum atomic E-state index is -5.13. The Morgan fingerprint density at radius 1 is 1.27 bits per heavy atom. The van der Waals surface area contributed by atoms with Crippen LogP contribution in [0.2, 0.25) is 0 Å². The van der Waals surface area contributed by atoms with Gasteiger partial charge >= 0.3 is 10.0 Å². The molecule has 1 unspecified atom stereocenters. The zero-order chi connectivity index (χ0) is 9.12. The van der Waals surface area contributed by atoms with E-state index in [2.05, 4.69) is 16.4 Å². The maximum Gasteiger partial charge on any atom is 0.462 e. The van der Waals surface area contributed by atoms with Gasteiger partial charge in [-0.05, 0) is 0 Å². The molecule has 0 aromatic heterocycles. The normalized spacial score (nSPS) is 17.2. The number of alkyl halides is 5. The van der Waals surface area contributed by atoms with Crippen molar-refractivity contribution in [3.8, 4) is 0 Å². The second kappa shape index (κ2) is 3.57. The van der Waals surface area contributed by atoms with Crippen molar-refractivity contribution in [3.05, 3.63) is 12.8 Å². The van der Waals surface area contributed by atoms with Gasteiger partial charge in [-0.25, -0.2) is 0 Å². The van der Waals surface area contributed by atoms with E-state index in [-0.39, 0.29) is 0 Å². The fourth-order valence-electron chi connectivity index (χ4n) is 0.142. The standard InChI is InChI=1S/C4H3F4IO2/c1-2-10-11-4(8,9)3(5,6)7/h2H,1H2. The first-order valence-electron chi connectivity index (χ1n) is 2.21. The van der Waals surface area contributed by atoms with Crippen molar-refractivity contribution in [2.75, 3.05) is 0 Å². The lowest BCUT2D eigenvalue weighted by atomic mass is 10.7. The van der Waals surface area contributed by atoms with Crippen molar-refractivity contribution < 1.29 is 27.3 Å². The molecule has 11 heavy (non-hydrogen) atoms. The summed E-state index contributed by atoms with van der Waals surface area (Å²) in [6.45, 7) is 2.86. The summed E-state index contributed by atoms with van der Waals surface area (Å²) in [5.41, 5.74) is 0. The van der Waals surface area contributed by atoms with Crippen LogP contribution in [-0.4, -0.2) is 10.0 Å². The fraction of sp³-hybridized carbons (Fsp3) is 0.500. The molecule has 2 nitrogen and oxygen atoms in total. The molecule has 0 aliphatic carbocycles. The Morgan fingerprint density at radius 3 is 2.00 bits per heavy atom. The zero-order valence-corrected chi connectivity index (χ0v) is 7.15. The van der Waals surface area contributed by atoms with E-state index >= 15 is 0 Å². The second-order valence-electron chi connectivity index (χ2n) is 1.36. The van der Waals surface area contributed by atoms with E-state index in [0.717, 1.165) is 0 Å². The van der Waals surface area contributed by atoms with E-state index in [0.29, 0.717) is 28.9 Å². The molecule has 0 saturated carbocycles. The van der Waals surface area contributed by atoms with Gasteiger partial charge in [-0.1, -0.05) is 6.58 Å². The Labute approximate surface area is 73.2 Å². The van der Waals surface area contributed by atoms with Crippen LogP contribution in [0.4, 0.5) is 17.6 Å². The van der Waals surface area contributed by atoms with E-state index in [4.69, 9.17) is 0 Å². The molecule has 0 heterocycles. The van der Waals surface area contributed by atoms with Crippen molar-refractivity contribution in [2.45, 2.75) is 10.0 Å². The zero-order valence-electron chi connectivity index (χ0n) is 4.99. The van der Waals surface area contributed by atoms with Crippen LogP contribution in [0.25, 0.3) is 0 Å². The minimum Gasteiger partial charge on any atom is -0.342 e. The van der Waals surface area contributed by atoms with Crippen LogP contribution in [0.5, 0.6) is 0 Å². The van der Waals surface area contributed by atoms with Crippen LogP contribution in [-0.2, 0) is 9.78 Å². The van der Waals surface area contributed by atoms with E-state index in [1.54, 1.807) is 0 Å². The molecule has 0 aromatic carbocycles. The maximum absolute atomic E-state index is 12.3. The van der Waals surface area contributed by atoms with Gasteiger partial charge in [0, 0.05) is 22.6 Å². The van der Waals surface area contributed by atoms with Gasteiger partial charge in [0.2, 0.25) is 0 Å². The SMILES string of the molecule is C=COOC(F)(I)C(F)(F)F. The molecule has 7 heteroatoms. The molecule has 0 fully saturated rings. The summed E-state index contributed by atoms with van der Waals surface area (Å²) in [5.74, 6) is 0. The third kappa shape index (κ3) is 3.23. The molecule has 0 radical (unpaired) electrons. The highest BCUT2D eigenvalue weighted by molar-refractivity contribution is 14.1. The molecular formula is C4H3F4IO2. The van der Waals surface area contributed by atoms with Crippen molar-refractivity contribution in [2.24, 2.45) is 0 Å². The molecule has 0 spiro atoms. The topological polar surface area (TPSA) is 18.5 Å². The average molecular weight is 286 g/mol. The van der Waals surface area contributed by atoms with E-state index in [1.165, 1.54) is 0 Å². The molecule has 0 N–H and O–H groups in total. The number of rotatable bonds is 3. The molecule has 0 aromatic rings. The quantitative estimate of drug-likeness (QED) is 0.198. The van der Waals surface area contributed by atoms with Gasteiger partial charge in [0.1, 0.15) is 6.26 Å². The van der Waals surface area contributed by atoms with Gasteiger partial charge in [0.05, 0.1) is 0 Å². The summed E-state index contributed by atoms with van der Waals surface area (Å²) >= 11 is 0.419. The van der Waals surface area contributed by atoms with E-state index in [1.807, 2.05) is 0 Å². The Bertz CT molecular complexity index is 144. The monoisotopic (exact) mass is 286 g/mol. The van der Waals surface area contributed by atoms with Crippen LogP contribution in [0.15, 0.2) is 12.8 Å². The predicted molar refractivity (Wildman–Crippen MR) is 36.3 cm³/mol. The highest BCUT2D eigenvalue weighted by Gasteiger charge is 2.57. The minimum absolute atomic E-state index is 0.419. The highest BCUT2D eigenvalue weighted by Crippen LogP contribution is 2.40. The van der Waals surface area contributed by atoms with E-state index < -0.39 is 10.0 Å².